The van der Waals surface area contributed by atoms with E-state index < -0.39 is 0 Å². The lowest BCUT2D eigenvalue weighted by atomic mass is 9.99. The number of methoxy groups -OCH3 is 1. The van der Waals surface area contributed by atoms with Crippen molar-refractivity contribution in [2.24, 2.45) is 0 Å². The molecule has 2 nitrogen and oxygen atoms in total. The van der Waals surface area contributed by atoms with E-state index in [2.05, 4.69) is 27.2 Å². The molecule has 0 aliphatic carbocycles. The largest absolute Gasteiger partial charge is 0.465 e. The lowest BCUT2D eigenvalue weighted by Crippen LogP contribution is -2.05. The highest BCUT2D eigenvalue weighted by Gasteiger charge is 2.12. The van der Waals surface area contributed by atoms with Crippen molar-refractivity contribution in [2.45, 2.75) is 6.42 Å². The maximum Gasteiger partial charge on any atom is 0.337 e. The third-order valence-corrected chi connectivity index (χ3v) is 2.53. The lowest BCUT2D eigenvalue weighted by Gasteiger charge is -2.09. The van der Waals surface area contributed by atoms with Gasteiger partial charge in [0.25, 0.3) is 0 Å². The van der Waals surface area contributed by atoms with Gasteiger partial charge in [0.1, 0.15) is 0 Å². The van der Waals surface area contributed by atoms with E-state index in [-0.39, 0.29) is 5.97 Å². The van der Waals surface area contributed by atoms with E-state index in [1.807, 2.05) is 24.3 Å². The van der Waals surface area contributed by atoms with E-state index in [1.165, 1.54) is 7.11 Å². The van der Waals surface area contributed by atoms with Crippen molar-refractivity contribution in [3.05, 3.63) is 42.0 Å². The Balaban J connectivity index is 3.02. The van der Waals surface area contributed by atoms with Crippen LogP contribution in [0.4, 0.5) is 0 Å². The number of alkyl halides is 1. The fourth-order valence-corrected chi connectivity index (χ4v) is 1.79. The molecule has 0 aliphatic heterocycles. The Morgan fingerprint density at radius 2 is 2.13 bits per heavy atom. The zero-order valence-electron chi connectivity index (χ0n) is 8.63. The summed E-state index contributed by atoms with van der Waals surface area (Å²) in [6.45, 7) is 3.75. The summed E-state index contributed by atoms with van der Waals surface area (Å²) in [6, 6.07) is 7.72. The fraction of sp³-hybridized carbons (Fsp3) is 0.250. The van der Waals surface area contributed by atoms with E-state index in [4.69, 9.17) is 0 Å². The van der Waals surface area contributed by atoms with Crippen LogP contribution in [0.1, 0.15) is 11.1 Å². The number of hydrogen-bond acceptors (Lipinski definition) is 2. The van der Waals surface area contributed by atoms with Crippen molar-refractivity contribution in [2.75, 3.05) is 12.4 Å². The number of esters is 1. The Morgan fingerprint density at radius 3 is 2.73 bits per heavy atom. The molecule has 0 amide bonds. The maximum atomic E-state index is 11.3. The van der Waals surface area contributed by atoms with Gasteiger partial charge < -0.3 is 4.74 Å². The number of aryl methyl sites for hydroxylation is 1. The van der Waals surface area contributed by atoms with Crippen molar-refractivity contribution in [3.8, 4) is 0 Å². The molecule has 0 saturated carbocycles. The number of rotatable bonds is 4. The smallest absolute Gasteiger partial charge is 0.337 e. The number of benzene rings is 1. The Labute approximate surface area is 98.1 Å². The molecule has 0 saturated heterocycles. The number of carbonyl (C=O) groups excluding carboxylic acids is 1. The summed E-state index contributed by atoms with van der Waals surface area (Å²) in [5, 5.41) is 0.860. The molecule has 1 aromatic rings. The van der Waals surface area contributed by atoms with Gasteiger partial charge in [-0.3, -0.25) is 0 Å². The minimum Gasteiger partial charge on any atom is -0.465 e. The quantitative estimate of drug-likeness (QED) is 0.477. The molecule has 3 heteroatoms. The highest BCUT2D eigenvalue weighted by Crippen LogP contribution is 2.19. The third kappa shape index (κ3) is 2.93. The molecule has 0 bridgehead atoms. The van der Waals surface area contributed by atoms with Gasteiger partial charge in [-0.15, -0.1) is 0 Å². The topological polar surface area (TPSA) is 26.3 Å². The first-order chi connectivity index (χ1) is 7.20. The zero-order chi connectivity index (χ0) is 11.3. The van der Waals surface area contributed by atoms with Crippen LogP contribution in [0.5, 0.6) is 0 Å². The Morgan fingerprint density at radius 1 is 1.47 bits per heavy atom. The van der Waals surface area contributed by atoms with E-state index >= 15 is 0 Å². The lowest BCUT2D eigenvalue weighted by molar-refractivity contribution is -0.133. The van der Waals surface area contributed by atoms with Crippen LogP contribution in [-0.4, -0.2) is 18.4 Å². The number of hydrogen-bond donors (Lipinski definition) is 0. The van der Waals surface area contributed by atoms with Gasteiger partial charge in [-0.2, -0.15) is 0 Å². The summed E-state index contributed by atoms with van der Waals surface area (Å²) in [5.41, 5.74) is 2.38. The van der Waals surface area contributed by atoms with Gasteiger partial charge in [0.15, 0.2) is 0 Å². The third-order valence-electron chi connectivity index (χ3n) is 2.14. The van der Waals surface area contributed by atoms with Crippen LogP contribution >= 0.6 is 15.9 Å². The molecule has 0 spiro atoms. The van der Waals surface area contributed by atoms with E-state index in [0.29, 0.717) is 5.57 Å². The van der Waals surface area contributed by atoms with Crippen molar-refractivity contribution in [3.63, 3.8) is 0 Å². The number of halogens is 1. The second kappa shape index (κ2) is 5.71. The molecule has 0 unspecified atom stereocenters. The number of ether oxygens (including phenoxy) is 1. The zero-order valence-corrected chi connectivity index (χ0v) is 10.2. The summed E-state index contributed by atoms with van der Waals surface area (Å²) in [5.74, 6) is -0.378. The first-order valence-corrected chi connectivity index (χ1v) is 5.74. The summed E-state index contributed by atoms with van der Waals surface area (Å²) in [7, 11) is 1.36. The molecule has 0 N–H and O–H groups in total. The van der Waals surface area contributed by atoms with Gasteiger partial charge in [-0.25, -0.2) is 4.79 Å². The fourth-order valence-electron chi connectivity index (χ4n) is 1.37. The Hall–Kier alpha value is -1.09. The van der Waals surface area contributed by atoms with Gasteiger partial charge in [0.2, 0.25) is 0 Å². The maximum absolute atomic E-state index is 11.3. The molecule has 0 radical (unpaired) electrons. The van der Waals surface area contributed by atoms with Gasteiger partial charge >= 0.3 is 5.97 Å². The molecule has 0 fully saturated rings. The van der Waals surface area contributed by atoms with Gasteiger partial charge in [0, 0.05) is 5.33 Å². The molecule has 0 aliphatic rings. The van der Waals surface area contributed by atoms with Crippen molar-refractivity contribution < 1.29 is 9.53 Å². The predicted molar refractivity (Wildman–Crippen MR) is 65.0 cm³/mol. The second-order valence-electron chi connectivity index (χ2n) is 3.07. The average molecular weight is 269 g/mol. The van der Waals surface area contributed by atoms with Gasteiger partial charge in [-0.1, -0.05) is 46.8 Å². The molecule has 80 valence electrons. The summed E-state index contributed by atoms with van der Waals surface area (Å²) < 4.78 is 4.65. The summed E-state index contributed by atoms with van der Waals surface area (Å²) >= 11 is 3.38. The molecular weight excluding hydrogens is 256 g/mol. The standard InChI is InChI=1S/C12H13BrO2/c1-9(12(14)15-2)11-6-4-3-5-10(11)7-8-13/h3-6H,1,7-8H2,2H3. The van der Waals surface area contributed by atoms with E-state index in [1.54, 1.807) is 0 Å². The first-order valence-electron chi connectivity index (χ1n) is 4.62. The van der Waals surface area contributed by atoms with Gasteiger partial charge in [0.05, 0.1) is 12.7 Å². The van der Waals surface area contributed by atoms with Crippen molar-refractivity contribution >= 4 is 27.5 Å². The Bertz CT molecular complexity index is 372. The van der Waals surface area contributed by atoms with E-state index in [9.17, 15) is 4.79 Å². The molecule has 0 heterocycles. The highest BCUT2D eigenvalue weighted by atomic mass is 79.9. The van der Waals surface area contributed by atoms with Crippen molar-refractivity contribution in [1.29, 1.82) is 0 Å². The minimum absolute atomic E-state index is 0.378. The SMILES string of the molecule is C=C(C(=O)OC)c1ccccc1CCBr. The normalized spacial score (nSPS) is 9.73. The summed E-state index contributed by atoms with van der Waals surface area (Å²) in [6.07, 6.45) is 0.867. The van der Waals surface area contributed by atoms with Gasteiger partial charge in [-0.05, 0) is 17.5 Å². The van der Waals surface area contributed by atoms with E-state index in [0.717, 1.165) is 22.9 Å². The highest BCUT2D eigenvalue weighted by molar-refractivity contribution is 9.09. The van der Waals surface area contributed by atoms with Crippen LogP contribution in [0.3, 0.4) is 0 Å². The van der Waals surface area contributed by atoms with Crippen molar-refractivity contribution in [1.82, 2.24) is 0 Å². The summed E-state index contributed by atoms with van der Waals surface area (Å²) in [4.78, 5) is 11.3. The monoisotopic (exact) mass is 268 g/mol. The predicted octanol–water partition coefficient (Wildman–Crippen LogP) is 2.81. The van der Waals surface area contributed by atoms with Crippen LogP contribution < -0.4 is 0 Å². The first kappa shape index (κ1) is 12.0. The minimum atomic E-state index is -0.378. The second-order valence-corrected chi connectivity index (χ2v) is 3.86. The molecular formula is C12H13BrO2. The van der Waals surface area contributed by atoms with Crippen LogP contribution in [0.15, 0.2) is 30.8 Å². The average Bonchev–Trinajstić information content (AvgIpc) is 2.28. The van der Waals surface area contributed by atoms with Crippen LogP contribution in [0.2, 0.25) is 0 Å². The molecule has 15 heavy (non-hydrogen) atoms. The molecule has 1 rings (SSSR count). The Kier molecular flexibility index (Phi) is 4.56. The molecule has 1 aromatic carbocycles. The molecule has 0 atom stereocenters. The van der Waals surface area contributed by atoms with Crippen LogP contribution in [-0.2, 0) is 16.0 Å². The van der Waals surface area contributed by atoms with Crippen LogP contribution in [0, 0.1) is 0 Å². The molecule has 0 aromatic heterocycles. The van der Waals surface area contributed by atoms with Crippen LogP contribution in [0.25, 0.3) is 5.57 Å². The number of carbonyl (C=O) groups is 1.